The summed E-state index contributed by atoms with van der Waals surface area (Å²) < 4.78 is 27.2. The summed E-state index contributed by atoms with van der Waals surface area (Å²) in [6, 6.07) is 7.70. The zero-order valence-electron chi connectivity index (χ0n) is 26.4. The van der Waals surface area contributed by atoms with E-state index in [0.29, 0.717) is 36.7 Å². The van der Waals surface area contributed by atoms with Crippen molar-refractivity contribution >= 4 is 21.7 Å². The van der Waals surface area contributed by atoms with Crippen molar-refractivity contribution in [1.82, 2.24) is 30.6 Å². The zero-order chi connectivity index (χ0) is 32.4. The van der Waals surface area contributed by atoms with Gasteiger partial charge in [0.25, 0.3) is 0 Å². The molecule has 2 aliphatic rings. The molecule has 5 rings (SSSR count). The summed E-state index contributed by atoms with van der Waals surface area (Å²) in [4.78, 5) is 42.4. The molecule has 4 atom stereocenters. The fourth-order valence-electron chi connectivity index (χ4n) is 7.04. The number of aliphatic hydroxyl groups excluding tert-OH is 1. The first-order valence-electron chi connectivity index (χ1n) is 16.8. The molecule has 46 heavy (non-hydrogen) atoms. The van der Waals surface area contributed by atoms with Gasteiger partial charge in [0, 0.05) is 25.0 Å². The van der Waals surface area contributed by atoms with Gasteiger partial charge in [0.1, 0.15) is 18.0 Å². The van der Waals surface area contributed by atoms with E-state index in [2.05, 4.69) is 30.6 Å². The second-order valence-electron chi connectivity index (χ2n) is 13.1. The molecule has 2 aliphatic carbocycles. The van der Waals surface area contributed by atoms with Crippen LogP contribution >= 0.6 is 0 Å². The van der Waals surface area contributed by atoms with E-state index in [9.17, 15) is 23.1 Å². The Kier molecular flexibility index (Phi) is 12.0. The standard InChI is InChI=1S/C34H48N6O5S/c41-31(32-36-16-17-37-32)29(19-25-12-6-2-7-13-25)39-34(43)30(20-27-21-35-23-38-27)40-33(42)26(18-24-10-4-1-5-11-24)22-46(44,45)28-14-8-3-9-15-28/h1,4-5,10-11,16-17,21,23,25-26,28-31,41H,2-3,6-9,12-15,18-20,22H2,(H,35,38)(H,36,37)(H,39,43)(H,40,42)/t26?,29-,30-,31+/m0/s1. The van der Waals surface area contributed by atoms with Crippen molar-refractivity contribution in [2.45, 2.75) is 107 Å². The van der Waals surface area contributed by atoms with Gasteiger partial charge in [-0.25, -0.2) is 18.4 Å². The van der Waals surface area contributed by atoms with Crippen LogP contribution < -0.4 is 10.6 Å². The van der Waals surface area contributed by atoms with Crippen LogP contribution in [0.2, 0.25) is 0 Å². The Bertz CT molecular complexity index is 1450. The van der Waals surface area contributed by atoms with Crippen LogP contribution in [0.1, 0.15) is 93.8 Å². The minimum atomic E-state index is -3.55. The van der Waals surface area contributed by atoms with Crippen LogP contribution in [0.3, 0.4) is 0 Å². The Morgan fingerprint density at radius 2 is 1.63 bits per heavy atom. The monoisotopic (exact) mass is 652 g/mol. The van der Waals surface area contributed by atoms with Gasteiger partial charge in [0.2, 0.25) is 11.8 Å². The lowest BCUT2D eigenvalue weighted by atomic mass is 9.83. The maximum Gasteiger partial charge on any atom is 0.243 e. The number of hydrogen-bond acceptors (Lipinski definition) is 7. The van der Waals surface area contributed by atoms with Crippen molar-refractivity contribution in [2.75, 3.05) is 5.75 Å². The number of benzene rings is 1. The Morgan fingerprint density at radius 1 is 0.913 bits per heavy atom. The lowest BCUT2D eigenvalue weighted by molar-refractivity contribution is -0.131. The number of carbonyl (C=O) groups excluding carboxylic acids is 2. The highest BCUT2D eigenvalue weighted by atomic mass is 32.2. The van der Waals surface area contributed by atoms with Gasteiger partial charge in [0.15, 0.2) is 9.84 Å². The van der Waals surface area contributed by atoms with Crippen molar-refractivity contribution in [3.63, 3.8) is 0 Å². The van der Waals surface area contributed by atoms with Gasteiger partial charge in [-0.05, 0) is 37.2 Å². The molecule has 3 aromatic rings. The van der Waals surface area contributed by atoms with Crippen LogP contribution in [-0.2, 0) is 32.3 Å². The van der Waals surface area contributed by atoms with E-state index in [4.69, 9.17) is 0 Å². The molecule has 0 bridgehead atoms. The number of nitrogens with one attached hydrogen (secondary N) is 4. The first-order valence-corrected chi connectivity index (χ1v) is 18.5. The van der Waals surface area contributed by atoms with Crippen molar-refractivity contribution in [3.8, 4) is 0 Å². The third-order valence-corrected chi connectivity index (χ3v) is 12.0. The minimum absolute atomic E-state index is 0.0987. The molecular formula is C34H48N6O5S. The fraction of sp³-hybridized carbons (Fsp3) is 0.588. The molecule has 2 amide bonds. The Morgan fingerprint density at radius 3 is 2.28 bits per heavy atom. The number of sulfone groups is 1. The van der Waals surface area contributed by atoms with E-state index in [1.54, 1.807) is 18.6 Å². The Balaban J connectivity index is 1.36. The van der Waals surface area contributed by atoms with Gasteiger partial charge < -0.3 is 25.7 Å². The zero-order valence-corrected chi connectivity index (χ0v) is 27.3. The third kappa shape index (κ3) is 9.51. The molecule has 11 nitrogen and oxygen atoms in total. The SMILES string of the molecule is O=C(N[C@@H](Cc1c[nH]cn1)C(=O)N[C@@H](CC1CCCCC1)[C@@H](O)c1ncc[nH]1)C(Cc1ccccc1)CS(=O)(=O)C1CCCCC1. The van der Waals surface area contributed by atoms with Crippen molar-refractivity contribution in [3.05, 3.63) is 72.3 Å². The number of rotatable bonds is 15. The number of aromatic amines is 2. The highest BCUT2D eigenvalue weighted by molar-refractivity contribution is 7.92. The second kappa shape index (κ2) is 16.4. The Hall–Kier alpha value is -3.51. The molecule has 0 saturated heterocycles. The third-order valence-electron chi connectivity index (χ3n) is 9.61. The number of H-pyrrole nitrogens is 2. The number of aromatic nitrogens is 4. The van der Waals surface area contributed by atoms with Crippen LogP contribution in [0.5, 0.6) is 0 Å². The molecule has 5 N–H and O–H groups in total. The first-order chi connectivity index (χ1) is 22.3. The predicted molar refractivity (Wildman–Crippen MR) is 175 cm³/mol. The first kappa shape index (κ1) is 33.8. The quantitative estimate of drug-likeness (QED) is 0.166. The van der Waals surface area contributed by atoms with Crippen LogP contribution in [0, 0.1) is 11.8 Å². The molecular weight excluding hydrogens is 604 g/mol. The van der Waals surface area contributed by atoms with Gasteiger partial charge in [0.05, 0.1) is 35.0 Å². The van der Waals surface area contributed by atoms with Crippen LogP contribution in [0.25, 0.3) is 0 Å². The largest absolute Gasteiger partial charge is 0.383 e. The lowest BCUT2D eigenvalue weighted by Crippen LogP contribution is -2.54. The molecule has 2 aromatic heterocycles. The smallest absolute Gasteiger partial charge is 0.243 e. The molecule has 2 heterocycles. The van der Waals surface area contributed by atoms with Crippen molar-refractivity contribution < 1.29 is 23.1 Å². The maximum absolute atomic E-state index is 14.0. The molecule has 0 spiro atoms. The average Bonchev–Trinajstić information content (AvgIpc) is 3.80. The highest BCUT2D eigenvalue weighted by Crippen LogP contribution is 2.30. The van der Waals surface area contributed by atoms with E-state index < -0.39 is 51.0 Å². The fourth-order valence-corrected chi connectivity index (χ4v) is 9.19. The predicted octanol–water partition coefficient (Wildman–Crippen LogP) is 3.96. The number of imidazole rings is 2. The summed E-state index contributed by atoms with van der Waals surface area (Å²) in [7, 11) is -3.55. The molecule has 0 aliphatic heterocycles. The number of carbonyl (C=O) groups is 2. The van der Waals surface area contributed by atoms with E-state index in [1.165, 1.54) is 12.7 Å². The summed E-state index contributed by atoms with van der Waals surface area (Å²) in [5, 5.41) is 16.8. The summed E-state index contributed by atoms with van der Waals surface area (Å²) in [6.45, 7) is 0. The molecule has 1 unspecified atom stereocenters. The molecule has 1 aromatic carbocycles. The molecule has 0 radical (unpaired) electrons. The summed E-state index contributed by atoms with van der Waals surface area (Å²) in [5.41, 5.74) is 1.43. The van der Waals surface area contributed by atoms with Gasteiger partial charge in [-0.15, -0.1) is 0 Å². The molecule has 2 saturated carbocycles. The van der Waals surface area contributed by atoms with E-state index in [1.807, 2.05) is 30.3 Å². The van der Waals surface area contributed by atoms with E-state index >= 15 is 0 Å². The maximum atomic E-state index is 14.0. The number of amides is 2. The van der Waals surface area contributed by atoms with Gasteiger partial charge in [-0.2, -0.15) is 0 Å². The van der Waals surface area contributed by atoms with E-state index in [-0.39, 0.29) is 18.6 Å². The number of hydrogen-bond donors (Lipinski definition) is 5. The summed E-state index contributed by atoms with van der Waals surface area (Å²) in [5.74, 6) is -1.40. The van der Waals surface area contributed by atoms with E-state index in [0.717, 1.165) is 50.5 Å². The van der Waals surface area contributed by atoms with Crippen molar-refractivity contribution in [2.24, 2.45) is 11.8 Å². The lowest BCUT2D eigenvalue weighted by Gasteiger charge is -2.31. The van der Waals surface area contributed by atoms with Gasteiger partial charge >= 0.3 is 0 Å². The highest BCUT2D eigenvalue weighted by Gasteiger charge is 2.36. The minimum Gasteiger partial charge on any atom is -0.383 e. The van der Waals surface area contributed by atoms with Crippen LogP contribution in [0.4, 0.5) is 0 Å². The molecule has 2 fully saturated rings. The van der Waals surface area contributed by atoms with Crippen molar-refractivity contribution in [1.29, 1.82) is 0 Å². The molecule has 12 heteroatoms. The Labute approximate surface area is 271 Å². The number of aliphatic hydroxyl groups is 1. The summed E-state index contributed by atoms with van der Waals surface area (Å²) >= 11 is 0. The van der Waals surface area contributed by atoms with Crippen LogP contribution in [-0.4, -0.2) is 68.4 Å². The second-order valence-corrected chi connectivity index (χ2v) is 15.4. The molecule has 250 valence electrons. The van der Waals surface area contributed by atoms with Gasteiger partial charge in [-0.3, -0.25) is 9.59 Å². The normalized spacial score (nSPS) is 19.2. The average molecular weight is 653 g/mol. The number of nitrogens with zero attached hydrogens (tertiary/aromatic N) is 2. The van der Waals surface area contributed by atoms with Crippen LogP contribution in [0.15, 0.2) is 55.2 Å². The van der Waals surface area contributed by atoms with Gasteiger partial charge in [-0.1, -0.05) is 81.7 Å². The summed E-state index contributed by atoms with van der Waals surface area (Å²) in [6.07, 6.45) is 15.7. The topological polar surface area (TPSA) is 170 Å².